The summed E-state index contributed by atoms with van der Waals surface area (Å²) in [4.78, 5) is 28.6. The number of carbonyl (C=O) groups is 2. The molecule has 0 radical (unpaired) electrons. The molecule has 2 aromatic rings. The van der Waals surface area contributed by atoms with E-state index in [4.69, 9.17) is 4.74 Å². The van der Waals surface area contributed by atoms with Crippen LogP contribution in [0.1, 0.15) is 26.3 Å². The highest BCUT2D eigenvalue weighted by molar-refractivity contribution is 9.10. The smallest absolute Gasteiger partial charge is 0.410 e. The molecule has 2 N–H and O–H groups in total. The first kappa shape index (κ1) is 26.3. The van der Waals surface area contributed by atoms with Crippen LogP contribution in [0.25, 0.3) is 0 Å². The summed E-state index contributed by atoms with van der Waals surface area (Å²) in [6.45, 7) is 5.17. The van der Waals surface area contributed by atoms with Gasteiger partial charge >= 0.3 is 12.1 Å². The zero-order valence-corrected chi connectivity index (χ0v) is 21.6. The number of amides is 3. The molecule has 2 bridgehead atoms. The van der Waals surface area contributed by atoms with Crippen molar-refractivity contribution < 1.29 is 32.6 Å². The molecule has 0 spiro atoms. The Morgan fingerprint density at radius 1 is 1.00 bits per heavy atom. The third-order valence-corrected chi connectivity index (χ3v) is 6.92. The topological polar surface area (TPSA) is 82.1 Å². The summed E-state index contributed by atoms with van der Waals surface area (Å²) >= 11 is 3.22. The van der Waals surface area contributed by atoms with Crippen LogP contribution in [0.15, 0.2) is 40.9 Å². The largest absolute Gasteiger partial charge is 0.444 e. The van der Waals surface area contributed by atoms with Crippen molar-refractivity contribution >= 4 is 33.7 Å². The van der Waals surface area contributed by atoms with Gasteiger partial charge in [0.2, 0.25) is 0 Å². The molecule has 2 aliphatic rings. The van der Waals surface area contributed by atoms with Crippen molar-refractivity contribution in [2.24, 2.45) is 11.8 Å². The number of hydrogen-bond acceptors (Lipinski definition) is 4. The molecule has 11 heteroatoms. The number of benzene rings is 2. The summed E-state index contributed by atoms with van der Waals surface area (Å²) in [5.41, 5.74) is -2.37. The van der Waals surface area contributed by atoms with Crippen LogP contribution in [0.2, 0.25) is 0 Å². The minimum absolute atomic E-state index is 0.00971. The quantitative estimate of drug-likeness (QED) is 0.528. The van der Waals surface area contributed by atoms with Gasteiger partial charge in [-0.25, -0.2) is 22.8 Å². The molecule has 2 unspecified atom stereocenters. The van der Waals surface area contributed by atoms with Gasteiger partial charge in [-0.15, -0.1) is 0 Å². The number of fused-ring (bicyclic) bond motifs is 2. The van der Waals surface area contributed by atoms with E-state index in [-0.39, 0.29) is 37.4 Å². The number of likely N-dealkylation sites (tertiary alicyclic amines) is 2. The first-order valence-electron chi connectivity index (χ1n) is 11.4. The normalized spacial score (nSPS) is 23.9. The second kappa shape index (κ2) is 9.59. The van der Waals surface area contributed by atoms with Crippen molar-refractivity contribution in [2.75, 3.05) is 31.5 Å². The number of ether oxygens (including phenoxy) is 1. The second-order valence-corrected chi connectivity index (χ2v) is 11.1. The number of piperidine rings is 2. The van der Waals surface area contributed by atoms with Crippen molar-refractivity contribution in [1.82, 2.24) is 9.80 Å². The van der Waals surface area contributed by atoms with Crippen LogP contribution >= 0.6 is 15.9 Å². The van der Waals surface area contributed by atoms with E-state index in [1.54, 1.807) is 26.8 Å². The zero-order valence-electron chi connectivity index (χ0n) is 20.0. The van der Waals surface area contributed by atoms with Gasteiger partial charge in [0, 0.05) is 59.8 Å². The molecule has 2 saturated heterocycles. The predicted octanol–water partition coefficient (Wildman–Crippen LogP) is 5.08. The zero-order chi connectivity index (χ0) is 26.4. The van der Waals surface area contributed by atoms with Crippen molar-refractivity contribution in [1.29, 1.82) is 0 Å². The van der Waals surface area contributed by atoms with Crippen molar-refractivity contribution in [2.45, 2.75) is 32.0 Å². The highest BCUT2D eigenvalue weighted by Crippen LogP contribution is 2.46. The molecular formula is C25H27BrF3N3O4. The molecule has 36 heavy (non-hydrogen) atoms. The van der Waals surface area contributed by atoms with E-state index in [0.717, 1.165) is 12.1 Å². The Morgan fingerprint density at radius 3 is 2.08 bits per heavy atom. The monoisotopic (exact) mass is 569 g/mol. The number of carbonyl (C=O) groups excluding carboxylic acids is 2. The van der Waals surface area contributed by atoms with Crippen LogP contribution in [-0.2, 0) is 10.3 Å². The van der Waals surface area contributed by atoms with E-state index in [9.17, 15) is 23.5 Å². The fraction of sp³-hybridized carbons (Fsp3) is 0.440. The Morgan fingerprint density at radius 2 is 1.56 bits per heavy atom. The lowest BCUT2D eigenvalue weighted by atomic mass is 9.66. The Balaban J connectivity index is 1.62. The highest BCUT2D eigenvalue weighted by Gasteiger charge is 2.56. The first-order chi connectivity index (χ1) is 16.8. The highest BCUT2D eigenvalue weighted by atomic mass is 79.9. The van der Waals surface area contributed by atoms with Crippen LogP contribution in [0.4, 0.5) is 28.4 Å². The number of nitrogens with zero attached hydrogens (tertiary/aromatic N) is 2. The molecule has 0 aliphatic carbocycles. The van der Waals surface area contributed by atoms with Crippen LogP contribution in [-0.4, -0.2) is 58.8 Å². The Kier molecular flexibility index (Phi) is 7.00. The van der Waals surface area contributed by atoms with E-state index in [1.165, 1.54) is 21.9 Å². The average Bonchev–Trinajstić information content (AvgIpc) is 2.71. The number of aliphatic hydroxyl groups is 1. The molecular weight excluding hydrogens is 543 g/mol. The molecule has 7 nitrogen and oxygen atoms in total. The van der Waals surface area contributed by atoms with Crippen molar-refractivity contribution in [3.63, 3.8) is 0 Å². The lowest BCUT2D eigenvalue weighted by molar-refractivity contribution is -0.155. The minimum Gasteiger partial charge on any atom is -0.444 e. The van der Waals surface area contributed by atoms with E-state index in [2.05, 4.69) is 21.2 Å². The van der Waals surface area contributed by atoms with E-state index in [1.807, 2.05) is 0 Å². The van der Waals surface area contributed by atoms with Gasteiger partial charge in [0.05, 0.1) is 0 Å². The number of rotatable bonds is 2. The van der Waals surface area contributed by atoms with Gasteiger partial charge in [0.25, 0.3) is 0 Å². The molecule has 4 rings (SSSR count). The van der Waals surface area contributed by atoms with Gasteiger partial charge in [-0.2, -0.15) is 0 Å². The summed E-state index contributed by atoms with van der Waals surface area (Å²) < 4.78 is 48.2. The average molecular weight is 570 g/mol. The minimum atomic E-state index is -1.66. The number of anilines is 1. The van der Waals surface area contributed by atoms with Gasteiger partial charge in [0.1, 0.15) is 28.7 Å². The lowest BCUT2D eigenvalue weighted by Gasteiger charge is -2.55. The molecule has 2 heterocycles. The number of urea groups is 1. The number of halogens is 4. The predicted molar refractivity (Wildman–Crippen MR) is 130 cm³/mol. The van der Waals surface area contributed by atoms with Crippen LogP contribution in [0, 0.1) is 29.3 Å². The standard InChI is InChI=1S/C25H27BrF3N3O4/c1-24(2,3)36-23(34)32-12-14-10-31(22(33)30-19-8-17(27)7-18(28)9-19)11-15(13-32)25(14,35)20-5-4-16(26)6-21(20)29/h4-9,14-15,35H,10-13H2,1-3H3,(H,30,33). The fourth-order valence-electron chi connectivity index (χ4n) is 4.94. The van der Waals surface area contributed by atoms with Gasteiger partial charge in [-0.3, -0.25) is 0 Å². The van der Waals surface area contributed by atoms with Crippen LogP contribution < -0.4 is 5.32 Å². The van der Waals surface area contributed by atoms with Gasteiger partial charge in [0.15, 0.2) is 0 Å². The molecule has 3 amide bonds. The first-order valence-corrected chi connectivity index (χ1v) is 12.2. The van der Waals surface area contributed by atoms with E-state index in [0.29, 0.717) is 10.5 Å². The Bertz CT molecular complexity index is 1150. The van der Waals surface area contributed by atoms with E-state index < -0.39 is 52.6 Å². The third-order valence-electron chi connectivity index (χ3n) is 6.42. The summed E-state index contributed by atoms with van der Waals surface area (Å²) in [6, 6.07) is 6.42. The van der Waals surface area contributed by atoms with Gasteiger partial charge in [-0.05, 0) is 45.0 Å². The van der Waals surface area contributed by atoms with E-state index >= 15 is 4.39 Å². The molecule has 2 aromatic carbocycles. The van der Waals surface area contributed by atoms with Crippen molar-refractivity contribution in [3.8, 4) is 0 Å². The molecule has 194 valence electrons. The van der Waals surface area contributed by atoms with Gasteiger partial charge in [-0.1, -0.05) is 22.0 Å². The number of hydrogen-bond donors (Lipinski definition) is 2. The van der Waals surface area contributed by atoms with Crippen molar-refractivity contribution in [3.05, 3.63) is 63.9 Å². The second-order valence-electron chi connectivity index (χ2n) is 10.2. The summed E-state index contributed by atoms with van der Waals surface area (Å²) in [5, 5.41) is 14.4. The molecule has 2 aliphatic heterocycles. The Labute approximate surface area is 215 Å². The molecule has 0 aromatic heterocycles. The molecule has 0 saturated carbocycles. The summed E-state index contributed by atoms with van der Waals surface area (Å²) in [6.07, 6.45) is -0.566. The fourth-order valence-corrected chi connectivity index (χ4v) is 5.28. The molecule has 2 fully saturated rings. The SMILES string of the molecule is CC(C)(C)OC(=O)N1CC2CN(C(=O)Nc3cc(F)cc(F)c3)CC(C1)C2(O)c1ccc(Br)cc1F. The lowest BCUT2D eigenvalue weighted by Crippen LogP contribution is -2.67. The Hall–Kier alpha value is -2.79. The number of nitrogens with one attached hydrogen (secondary N) is 1. The third kappa shape index (κ3) is 5.31. The summed E-state index contributed by atoms with van der Waals surface area (Å²) in [5.74, 6) is -3.81. The summed E-state index contributed by atoms with van der Waals surface area (Å²) in [7, 11) is 0. The van der Waals surface area contributed by atoms with Gasteiger partial charge < -0.3 is 25.0 Å². The maximum atomic E-state index is 15.0. The molecule has 2 atom stereocenters. The van der Waals surface area contributed by atoms with Crippen LogP contribution in [0.3, 0.4) is 0 Å². The maximum Gasteiger partial charge on any atom is 0.410 e. The maximum absolute atomic E-state index is 15.0. The van der Waals surface area contributed by atoms with Crippen LogP contribution in [0.5, 0.6) is 0 Å².